The third kappa shape index (κ3) is 1.95. The van der Waals surface area contributed by atoms with Crippen molar-refractivity contribution in [2.45, 2.75) is 0 Å². The van der Waals surface area contributed by atoms with Gasteiger partial charge >= 0.3 is 5.97 Å². The molecular weight excluding hydrogens is 265 g/mol. The Balaban J connectivity index is 2.28. The lowest BCUT2D eigenvalue weighted by atomic mass is 10.2. The Labute approximate surface area is 110 Å². The van der Waals surface area contributed by atoms with Crippen LogP contribution in [0.15, 0.2) is 35.3 Å². The van der Waals surface area contributed by atoms with E-state index in [1.54, 1.807) is 6.07 Å². The molecule has 0 fully saturated rings. The molecular formula is C13H8FN3O3. The van der Waals surface area contributed by atoms with E-state index in [1.807, 2.05) is 0 Å². The normalized spacial score (nSPS) is 10.8. The Morgan fingerprint density at radius 3 is 2.80 bits per heavy atom. The number of carboxylic acid groups (broad SMARTS) is 1. The first-order valence-corrected chi connectivity index (χ1v) is 5.66. The molecule has 2 aromatic heterocycles. The van der Waals surface area contributed by atoms with Gasteiger partial charge in [0.25, 0.3) is 0 Å². The molecule has 0 amide bonds. The molecule has 0 saturated carbocycles. The number of fused-ring (bicyclic) bond motifs is 1. The number of imidazole rings is 1. The lowest BCUT2D eigenvalue weighted by molar-refractivity contribution is 0.0698. The summed E-state index contributed by atoms with van der Waals surface area (Å²) in [4.78, 5) is 31.7. The van der Waals surface area contributed by atoms with Gasteiger partial charge in [0.05, 0.1) is 11.1 Å². The number of carboxylic acids is 1. The number of halogens is 1. The van der Waals surface area contributed by atoms with Crippen molar-refractivity contribution in [2.24, 2.45) is 0 Å². The Bertz CT molecular complexity index is 882. The average molecular weight is 273 g/mol. The second-order valence-electron chi connectivity index (χ2n) is 4.18. The maximum absolute atomic E-state index is 13.4. The van der Waals surface area contributed by atoms with Crippen molar-refractivity contribution < 1.29 is 14.3 Å². The van der Waals surface area contributed by atoms with Gasteiger partial charge in [-0.3, -0.25) is 4.79 Å². The van der Waals surface area contributed by atoms with E-state index in [0.29, 0.717) is 11.4 Å². The first kappa shape index (κ1) is 12.1. The van der Waals surface area contributed by atoms with E-state index < -0.39 is 11.8 Å². The van der Waals surface area contributed by atoms with Crippen molar-refractivity contribution in [3.63, 3.8) is 0 Å². The molecule has 7 heteroatoms. The van der Waals surface area contributed by atoms with Crippen molar-refractivity contribution in [1.29, 1.82) is 0 Å². The average Bonchev–Trinajstić information content (AvgIpc) is 2.81. The van der Waals surface area contributed by atoms with Gasteiger partial charge in [-0.1, -0.05) is 0 Å². The molecule has 0 bridgehead atoms. The number of hydrogen-bond acceptors (Lipinski definition) is 3. The van der Waals surface area contributed by atoms with Crippen LogP contribution in [-0.4, -0.2) is 26.0 Å². The molecule has 0 spiro atoms. The number of aromatic carboxylic acids is 1. The predicted molar refractivity (Wildman–Crippen MR) is 69.1 cm³/mol. The van der Waals surface area contributed by atoms with Crippen LogP contribution in [0.25, 0.3) is 22.4 Å². The molecule has 0 atom stereocenters. The van der Waals surface area contributed by atoms with E-state index >= 15 is 0 Å². The standard InChI is InChI=1S/C13H8FN3O3/c14-7-4-8(13(19)20)11-9(5-7)16-12(17-11)6-1-2-15-10(18)3-6/h1-5H,(H,15,18)(H,16,17)(H,19,20). The largest absolute Gasteiger partial charge is 0.478 e. The minimum absolute atomic E-state index is 0.147. The third-order valence-corrected chi connectivity index (χ3v) is 2.83. The molecule has 3 rings (SSSR count). The minimum Gasteiger partial charge on any atom is -0.478 e. The van der Waals surface area contributed by atoms with Gasteiger partial charge in [-0.15, -0.1) is 0 Å². The maximum atomic E-state index is 13.4. The lowest BCUT2D eigenvalue weighted by Crippen LogP contribution is -2.02. The van der Waals surface area contributed by atoms with Crippen molar-refractivity contribution in [2.75, 3.05) is 0 Å². The number of nitrogens with zero attached hydrogens (tertiary/aromatic N) is 1. The van der Waals surface area contributed by atoms with Crippen LogP contribution in [-0.2, 0) is 0 Å². The molecule has 0 radical (unpaired) electrons. The van der Waals surface area contributed by atoms with Gasteiger partial charge < -0.3 is 15.1 Å². The summed E-state index contributed by atoms with van der Waals surface area (Å²) in [6, 6.07) is 4.99. The smallest absolute Gasteiger partial charge is 0.338 e. The minimum atomic E-state index is -1.27. The molecule has 100 valence electrons. The topological polar surface area (TPSA) is 98.8 Å². The SMILES string of the molecule is O=C(O)c1cc(F)cc2[nH]c(-c3cc[nH]c(=O)c3)nc12. The van der Waals surface area contributed by atoms with Crippen LogP contribution in [0.5, 0.6) is 0 Å². The molecule has 6 nitrogen and oxygen atoms in total. The Morgan fingerprint density at radius 1 is 1.30 bits per heavy atom. The van der Waals surface area contributed by atoms with Crippen LogP contribution in [0.2, 0.25) is 0 Å². The van der Waals surface area contributed by atoms with Crippen molar-refractivity contribution in [1.82, 2.24) is 15.0 Å². The summed E-state index contributed by atoms with van der Waals surface area (Å²) in [5, 5.41) is 9.06. The van der Waals surface area contributed by atoms with Gasteiger partial charge in [-0.2, -0.15) is 0 Å². The van der Waals surface area contributed by atoms with Crippen LogP contribution in [0.1, 0.15) is 10.4 Å². The van der Waals surface area contributed by atoms with Gasteiger partial charge in [0, 0.05) is 17.8 Å². The van der Waals surface area contributed by atoms with Gasteiger partial charge in [0.1, 0.15) is 17.2 Å². The fraction of sp³-hybridized carbons (Fsp3) is 0. The maximum Gasteiger partial charge on any atom is 0.338 e. The molecule has 2 heterocycles. The monoisotopic (exact) mass is 273 g/mol. The van der Waals surface area contributed by atoms with E-state index in [1.165, 1.54) is 12.3 Å². The van der Waals surface area contributed by atoms with Gasteiger partial charge in [-0.05, 0) is 18.2 Å². The number of nitrogens with one attached hydrogen (secondary N) is 2. The van der Waals surface area contributed by atoms with Crippen LogP contribution in [0.4, 0.5) is 4.39 Å². The fourth-order valence-corrected chi connectivity index (χ4v) is 1.97. The predicted octanol–water partition coefficient (Wildman–Crippen LogP) is 1.76. The van der Waals surface area contributed by atoms with Crippen LogP contribution in [0.3, 0.4) is 0 Å². The van der Waals surface area contributed by atoms with Crippen molar-refractivity contribution in [3.05, 3.63) is 52.2 Å². The summed E-state index contributed by atoms with van der Waals surface area (Å²) in [7, 11) is 0. The van der Waals surface area contributed by atoms with Crippen molar-refractivity contribution >= 4 is 17.0 Å². The zero-order chi connectivity index (χ0) is 14.3. The van der Waals surface area contributed by atoms with Gasteiger partial charge in [0.2, 0.25) is 5.56 Å². The van der Waals surface area contributed by atoms with Gasteiger partial charge in [0.15, 0.2) is 0 Å². The number of carbonyl (C=O) groups is 1. The van der Waals surface area contributed by atoms with Crippen molar-refractivity contribution in [3.8, 4) is 11.4 Å². The number of aromatic nitrogens is 3. The van der Waals surface area contributed by atoms with Gasteiger partial charge in [-0.25, -0.2) is 14.2 Å². The molecule has 0 aliphatic carbocycles. The molecule has 0 unspecified atom stereocenters. The Hall–Kier alpha value is -2.96. The number of hydrogen-bond donors (Lipinski definition) is 3. The first-order valence-electron chi connectivity index (χ1n) is 5.66. The highest BCUT2D eigenvalue weighted by molar-refractivity contribution is 6.01. The summed E-state index contributed by atoms with van der Waals surface area (Å²) in [6.45, 7) is 0. The summed E-state index contributed by atoms with van der Waals surface area (Å²) < 4.78 is 13.4. The highest BCUT2D eigenvalue weighted by Gasteiger charge is 2.15. The second kappa shape index (κ2) is 4.30. The Morgan fingerprint density at radius 2 is 2.10 bits per heavy atom. The summed E-state index contributed by atoms with van der Waals surface area (Å²) in [5.41, 5.74) is 0.355. The number of H-pyrrole nitrogens is 2. The Kier molecular flexibility index (Phi) is 2.60. The number of pyridine rings is 1. The highest BCUT2D eigenvalue weighted by Crippen LogP contribution is 2.23. The van der Waals surface area contributed by atoms with E-state index in [0.717, 1.165) is 12.1 Å². The number of aromatic amines is 2. The fourth-order valence-electron chi connectivity index (χ4n) is 1.97. The van der Waals surface area contributed by atoms with Crippen LogP contribution >= 0.6 is 0 Å². The zero-order valence-corrected chi connectivity index (χ0v) is 9.98. The summed E-state index contributed by atoms with van der Waals surface area (Å²) in [6.07, 6.45) is 1.45. The molecule has 3 aromatic rings. The lowest BCUT2D eigenvalue weighted by Gasteiger charge is -1.95. The first-order chi connectivity index (χ1) is 9.54. The molecule has 20 heavy (non-hydrogen) atoms. The summed E-state index contributed by atoms with van der Waals surface area (Å²) >= 11 is 0. The highest BCUT2D eigenvalue weighted by atomic mass is 19.1. The van der Waals surface area contributed by atoms with E-state index in [4.69, 9.17) is 5.11 Å². The van der Waals surface area contributed by atoms with E-state index in [9.17, 15) is 14.0 Å². The third-order valence-electron chi connectivity index (χ3n) is 2.83. The molecule has 0 aliphatic rings. The molecule has 3 N–H and O–H groups in total. The zero-order valence-electron chi connectivity index (χ0n) is 9.98. The second-order valence-corrected chi connectivity index (χ2v) is 4.18. The van der Waals surface area contributed by atoms with E-state index in [2.05, 4.69) is 15.0 Å². The number of benzene rings is 1. The molecule has 0 saturated heterocycles. The molecule has 0 aliphatic heterocycles. The van der Waals surface area contributed by atoms with Crippen LogP contribution < -0.4 is 5.56 Å². The van der Waals surface area contributed by atoms with Crippen LogP contribution in [0, 0.1) is 5.82 Å². The number of rotatable bonds is 2. The summed E-state index contributed by atoms with van der Waals surface area (Å²) in [5.74, 6) is -1.63. The quantitative estimate of drug-likeness (QED) is 0.662. The van der Waals surface area contributed by atoms with E-state index in [-0.39, 0.29) is 22.2 Å². The molecule has 1 aromatic carbocycles.